The number of carbonyl (C=O) groups is 3. The Bertz CT molecular complexity index is 3480. The van der Waals surface area contributed by atoms with Crippen molar-refractivity contribution in [2.24, 2.45) is 0 Å². The number of aliphatic hydroxyl groups is 1. The van der Waals surface area contributed by atoms with Crippen LogP contribution in [0.2, 0.25) is 0 Å². The Morgan fingerprint density at radius 3 is 1.42 bits per heavy atom. The molecule has 0 spiro atoms. The zero-order valence-electron chi connectivity index (χ0n) is 51.3. The number of carbonyl (C=O) groups excluding carboxylic acids is 3. The predicted octanol–water partition coefficient (Wildman–Crippen LogP) is 9.62. The van der Waals surface area contributed by atoms with E-state index >= 15 is 0 Å². The molecule has 6 aromatic rings. The average Bonchev–Trinajstić information content (AvgIpc) is 1.71. The monoisotopic (exact) mass is 1180 g/mol. The third-order valence-corrected chi connectivity index (χ3v) is 16.0. The summed E-state index contributed by atoms with van der Waals surface area (Å²) < 4.78 is 48.8. The molecule has 2 fully saturated rings. The van der Waals surface area contributed by atoms with Crippen molar-refractivity contribution in [1.29, 1.82) is 0 Å². The highest BCUT2D eigenvalue weighted by atomic mass is 16.6. The maximum absolute atomic E-state index is 13.4. The molecular weight excluding hydrogens is 1100 g/mol. The molecule has 0 radical (unpaired) electrons. The van der Waals surface area contributed by atoms with Gasteiger partial charge in [0.1, 0.15) is 49.1 Å². The molecule has 1 N–H and O–H groups in total. The molecule has 4 aliphatic rings. The van der Waals surface area contributed by atoms with Crippen LogP contribution >= 0.6 is 0 Å². The Labute approximate surface area is 502 Å². The number of methoxy groups -OCH3 is 2. The molecule has 6 heterocycles. The number of hydrogen-bond donors (Lipinski definition) is 1. The lowest BCUT2D eigenvalue weighted by molar-refractivity contribution is 0.00468. The maximum atomic E-state index is 13.4. The summed E-state index contributed by atoms with van der Waals surface area (Å²) >= 11 is 0. The van der Waals surface area contributed by atoms with E-state index in [0.717, 1.165) is 96.9 Å². The fourth-order valence-electron chi connectivity index (χ4n) is 11.6. The minimum Gasteiger partial charge on any atom is -0.497 e. The molecule has 20 heteroatoms. The van der Waals surface area contributed by atoms with Crippen LogP contribution in [0.5, 0.6) is 34.5 Å². The SMILES string of the molecule is CCC(O)c1cc(OC)cc2c1ccc(=O)n2CCN1CCC(N(Cc2ccc3c(c2)OCCO3)C(=O)OC(C)(C)C)CC1.COc1cc(C=O)c2ccc(=O)n(CCN3CCC(N(Cc4ccc5c(c4)OCCO5)C(=O)OC(C)(C)C)CC3)c2c1. The summed E-state index contributed by atoms with van der Waals surface area (Å²) in [5, 5.41) is 12.2. The number of ether oxygens (including phenoxy) is 8. The second-order valence-corrected chi connectivity index (χ2v) is 24.3. The lowest BCUT2D eigenvalue weighted by atomic mass is 10.0. The number of piperidine rings is 2. The first-order valence-electron chi connectivity index (χ1n) is 30.0. The van der Waals surface area contributed by atoms with Crippen LogP contribution in [0.15, 0.2) is 94.5 Å². The van der Waals surface area contributed by atoms with Crippen molar-refractivity contribution in [3.8, 4) is 34.5 Å². The Kier molecular flexibility index (Phi) is 20.2. The van der Waals surface area contributed by atoms with Crippen LogP contribution in [0.3, 0.4) is 0 Å². The Morgan fingerprint density at radius 1 is 0.581 bits per heavy atom. The molecule has 4 aliphatic heterocycles. The lowest BCUT2D eigenvalue weighted by Gasteiger charge is -2.39. The van der Waals surface area contributed by atoms with Crippen molar-refractivity contribution in [2.45, 2.75) is 136 Å². The summed E-state index contributed by atoms with van der Waals surface area (Å²) in [6.07, 6.45) is 3.16. The molecule has 2 aromatic heterocycles. The van der Waals surface area contributed by atoms with Gasteiger partial charge in [0.25, 0.3) is 11.1 Å². The van der Waals surface area contributed by atoms with E-state index in [2.05, 4.69) is 9.80 Å². The highest BCUT2D eigenvalue weighted by Crippen LogP contribution is 2.35. The summed E-state index contributed by atoms with van der Waals surface area (Å²) in [6.45, 7) is 21.5. The van der Waals surface area contributed by atoms with Gasteiger partial charge in [-0.15, -0.1) is 0 Å². The van der Waals surface area contributed by atoms with Crippen LogP contribution < -0.4 is 39.5 Å². The second kappa shape index (κ2) is 27.7. The van der Waals surface area contributed by atoms with Crippen molar-refractivity contribution >= 4 is 40.3 Å². The molecular formula is C66H84N6O14. The highest BCUT2D eigenvalue weighted by Gasteiger charge is 2.34. The second-order valence-electron chi connectivity index (χ2n) is 24.3. The summed E-state index contributed by atoms with van der Waals surface area (Å²) in [7, 11) is 3.13. The van der Waals surface area contributed by atoms with Crippen LogP contribution in [-0.4, -0.2) is 156 Å². The molecule has 0 aliphatic carbocycles. The maximum Gasteiger partial charge on any atom is 0.410 e. The lowest BCUT2D eigenvalue weighted by Crippen LogP contribution is -2.49. The Hall–Kier alpha value is -7.81. The summed E-state index contributed by atoms with van der Waals surface area (Å²) in [5.74, 6) is 3.97. The number of hydrogen-bond acceptors (Lipinski definition) is 16. The Balaban J connectivity index is 0.000000206. The molecule has 2 saturated heterocycles. The van der Waals surface area contributed by atoms with Crippen molar-refractivity contribution in [3.05, 3.63) is 128 Å². The number of nitrogens with zero attached hydrogens (tertiary/aromatic N) is 6. The molecule has 86 heavy (non-hydrogen) atoms. The van der Waals surface area contributed by atoms with Crippen molar-refractivity contribution in [1.82, 2.24) is 28.7 Å². The van der Waals surface area contributed by atoms with E-state index in [0.29, 0.717) is 112 Å². The van der Waals surface area contributed by atoms with Crippen LogP contribution in [0.4, 0.5) is 9.59 Å². The fourth-order valence-corrected chi connectivity index (χ4v) is 11.6. The normalized spacial score (nSPS) is 16.2. The van der Waals surface area contributed by atoms with E-state index in [9.17, 15) is 29.1 Å². The fraction of sp³-hybridized carbons (Fsp3) is 0.500. The van der Waals surface area contributed by atoms with Gasteiger partial charge in [-0.1, -0.05) is 19.1 Å². The Morgan fingerprint density at radius 2 is 1.00 bits per heavy atom. The zero-order valence-corrected chi connectivity index (χ0v) is 51.3. The van der Waals surface area contributed by atoms with Crippen LogP contribution in [0.25, 0.3) is 21.8 Å². The third-order valence-electron chi connectivity index (χ3n) is 16.0. The number of fused-ring (bicyclic) bond motifs is 4. The van der Waals surface area contributed by atoms with Gasteiger partial charge in [-0.2, -0.15) is 0 Å². The van der Waals surface area contributed by atoms with Gasteiger partial charge in [-0.05, 0) is 139 Å². The summed E-state index contributed by atoms with van der Waals surface area (Å²) in [6, 6.07) is 25.4. The van der Waals surface area contributed by atoms with Crippen molar-refractivity contribution in [2.75, 3.05) is 79.9 Å². The molecule has 20 nitrogen and oxygen atoms in total. The summed E-state index contributed by atoms with van der Waals surface area (Å²) in [5.41, 5.74) is 3.15. The van der Waals surface area contributed by atoms with Gasteiger partial charge >= 0.3 is 12.2 Å². The third kappa shape index (κ3) is 15.6. The van der Waals surface area contributed by atoms with Gasteiger partial charge in [0.2, 0.25) is 0 Å². The number of amides is 2. The molecule has 0 bridgehead atoms. The number of likely N-dealkylation sites (tertiary alicyclic amines) is 2. The van der Waals surface area contributed by atoms with Gasteiger partial charge in [0.05, 0.1) is 31.4 Å². The number of benzene rings is 4. The quantitative estimate of drug-likeness (QED) is 0.0845. The van der Waals surface area contributed by atoms with Crippen LogP contribution in [0.1, 0.15) is 114 Å². The number of pyridine rings is 2. The number of aldehydes is 1. The minimum absolute atomic E-state index is 0.00369. The first-order valence-corrected chi connectivity index (χ1v) is 30.0. The zero-order chi connectivity index (χ0) is 61.3. The van der Waals surface area contributed by atoms with Gasteiger partial charge in [-0.3, -0.25) is 14.4 Å². The highest BCUT2D eigenvalue weighted by molar-refractivity contribution is 5.97. The van der Waals surface area contributed by atoms with Crippen molar-refractivity contribution in [3.63, 3.8) is 0 Å². The molecule has 10 rings (SSSR count). The van der Waals surface area contributed by atoms with E-state index in [4.69, 9.17) is 37.9 Å². The van der Waals surface area contributed by atoms with Crippen LogP contribution in [-0.2, 0) is 35.7 Å². The van der Waals surface area contributed by atoms with Crippen molar-refractivity contribution < 1.29 is 57.4 Å². The minimum atomic E-state index is -0.646. The molecule has 2 amide bonds. The van der Waals surface area contributed by atoms with Gasteiger partial charge in [0, 0.05) is 118 Å². The van der Waals surface area contributed by atoms with E-state index in [1.165, 1.54) is 6.07 Å². The smallest absolute Gasteiger partial charge is 0.410 e. The topological polar surface area (TPSA) is 202 Å². The first kappa shape index (κ1) is 62.7. The molecule has 1 unspecified atom stereocenters. The number of aliphatic hydroxyl groups excluding tert-OH is 1. The van der Waals surface area contributed by atoms with Crippen LogP contribution in [0, 0.1) is 0 Å². The predicted molar refractivity (Wildman–Crippen MR) is 328 cm³/mol. The molecule has 462 valence electrons. The van der Waals surface area contributed by atoms with Gasteiger partial charge in [0.15, 0.2) is 29.3 Å². The molecule has 0 saturated carbocycles. The molecule has 1 atom stereocenters. The number of aromatic nitrogens is 2. The van der Waals surface area contributed by atoms with Gasteiger partial charge in [-0.25, -0.2) is 9.59 Å². The largest absolute Gasteiger partial charge is 0.497 e. The van der Waals surface area contributed by atoms with Gasteiger partial charge < -0.3 is 71.7 Å². The van der Waals surface area contributed by atoms with E-state index < -0.39 is 17.3 Å². The van der Waals surface area contributed by atoms with E-state index in [-0.39, 0.29) is 35.4 Å². The van der Waals surface area contributed by atoms with E-state index in [1.807, 2.05) is 107 Å². The first-order chi connectivity index (χ1) is 41.2. The molecule has 4 aromatic carbocycles. The average molecular weight is 1190 g/mol. The number of rotatable bonds is 17. The van der Waals surface area contributed by atoms with E-state index in [1.54, 1.807) is 53.7 Å². The summed E-state index contributed by atoms with van der Waals surface area (Å²) in [4.78, 5) is 72.6. The standard InChI is InChI=1S/C34H45N3O7.C32H39N3O7/c1-6-29(38)27-20-25(41-5)21-28-26(27)8-10-32(39)36(28)16-15-35-13-11-24(12-14-35)37(33(40)44-34(2,3)4)22-23-7-9-30-31(19-23)43-18-17-42-30;1-32(2,3)42-31(38)35(20-22-5-7-28-29(17-22)41-16-15-40-28)24-9-11-33(12-10-24)13-14-34-27-19-25(39-4)18-23(21-36)26(27)6-8-30(34)37/h7-10,19-21,24,29,38H,6,11-18,22H2,1-5H3;5-8,17-19,21,24H,9-16,20H2,1-4H3.